The zero-order valence-corrected chi connectivity index (χ0v) is 13.2. The number of amides is 1. The number of anilines is 1. The fourth-order valence-electron chi connectivity index (χ4n) is 4.20. The van der Waals surface area contributed by atoms with E-state index >= 15 is 0 Å². The molecule has 1 N–H and O–H groups in total. The molecular formula is C18H25NO2. The van der Waals surface area contributed by atoms with Crippen LogP contribution in [0.15, 0.2) is 30.3 Å². The molecule has 2 aliphatic rings. The van der Waals surface area contributed by atoms with Gasteiger partial charge in [-0.3, -0.25) is 9.69 Å². The molecule has 1 saturated heterocycles. The second kappa shape index (κ2) is 4.84. The zero-order chi connectivity index (χ0) is 15.3. The Labute approximate surface area is 127 Å². The first kappa shape index (κ1) is 14.6. The van der Waals surface area contributed by atoms with Gasteiger partial charge < -0.3 is 5.11 Å². The van der Waals surface area contributed by atoms with E-state index < -0.39 is 5.72 Å². The van der Waals surface area contributed by atoms with Crippen LogP contribution in [0.3, 0.4) is 0 Å². The van der Waals surface area contributed by atoms with Crippen LogP contribution in [-0.2, 0) is 4.79 Å². The Hall–Kier alpha value is -1.35. The number of aliphatic hydroxyl groups is 1. The van der Waals surface area contributed by atoms with Gasteiger partial charge in [0.2, 0.25) is 5.91 Å². The predicted octanol–water partition coefficient (Wildman–Crippen LogP) is 3.57. The molecule has 0 bridgehead atoms. The lowest BCUT2D eigenvalue weighted by molar-refractivity contribution is -0.122. The molecule has 3 atom stereocenters. The van der Waals surface area contributed by atoms with E-state index in [1.54, 1.807) is 4.90 Å². The summed E-state index contributed by atoms with van der Waals surface area (Å²) in [6.45, 7) is 6.10. The highest BCUT2D eigenvalue weighted by Gasteiger charge is 2.63. The standard InChI is InChI=1S/C18H25NO2/c1-17(2,3)18(21)15-12-8-7-11-14(15)16(20)19(18)13-9-5-4-6-10-13/h4-6,9-10,14-15,21H,7-8,11-12H2,1-3H3/t14-,15+,18-/m1/s1. The highest BCUT2D eigenvalue weighted by Crippen LogP contribution is 2.54. The van der Waals surface area contributed by atoms with Gasteiger partial charge in [-0.15, -0.1) is 0 Å². The minimum absolute atomic E-state index is 0.0248. The van der Waals surface area contributed by atoms with Crippen LogP contribution in [0.1, 0.15) is 46.5 Å². The summed E-state index contributed by atoms with van der Waals surface area (Å²) >= 11 is 0. The zero-order valence-electron chi connectivity index (χ0n) is 13.2. The normalized spacial score (nSPS) is 33.1. The first-order valence-corrected chi connectivity index (χ1v) is 7.99. The second-order valence-electron chi connectivity index (χ2n) is 7.48. The summed E-state index contributed by atoms with van der Waals surface area (Å²) in [5.41, 5.74) is -0.666. The minimum Gasteiger partial charge on any atom is -0.370 e. The number of fused-ring (bicyclic) bond motifs is 1. The van der Waals surface area contributed by atoms with Gasteiger partial charge in [-0.25, -0.2) is 0 Å². The van der Waals surface area contributed by atoms with Crippen molar-refractivity contribution < 1.29 is 9.90 Å². The van der Waals surface area contributed by atoms with Gasteiger partial charge in [-0.1, -0.05) is 51.8 Å². The van der Waals surface area contributed by atoms with Crippen LogP contribution >= 0.6 is 0 Å². The number of benzene rings is 1. The monoisotopic (exact) mass is 287 g/mol. The average Bonchev–Trinajstić information content (AvgIpc) is 2.70. The Morgan fingerprint density at radius 1 is 1.14 bits per heavy atom. The number of nitrogens with zero attached hydrogens (tertiary/aromatic N) is 1. The molecule has 1 aromatic rings. The molecule has 1 aromatic carbocycles. The fraction of sp³-hybridized carbons (Fsp3) is 0.611. The summed E-state index contributed by atoms with van der Waals surface area (Å²) in [6, 6.07) is 9.63. The Kier molecular flexibility index (Phi) is 3.36. The molecule has 1 aliphatic carbocycles. The highest BCUT2D eigenvalue weighted by atomic mass is 16.3. The molecule has 1 amide bonds. The molecule has 1 aliphatic heterocycles. The van der Waals surface area contributed by atoms with Gasteiger partial charge in [-0.2, -0.15) is 0 Å². The first-order chi connectivity index (χ1) is 9.87. The largest absolute Gasteiger partial charge is 0.370 e. The molecule has 114 valence electrons. The van der Waals surface area contributed by atoms with Crippen molar-refractivity contribution in [2.24, 2.45) is 17.3 Å². The Bertz CT molecular complexity index is 534. The molecule has 1 saturated carbocycles. The van der Waals surface area contributed by atoms with Crippen LogP contribution in [-0.4, -0.2) is 16.7 Å². The van der Waals surface area contributed by atoms with Gasteiger partial charge in [0.25, 0.3) is 0 Å². The van der Waals surface area contributed by atoms with Gasteiger partial charge in [0.1, 0.15) is 0 Å². The lowest BCUT2D eigenvalue weighted by Crippen LogP contribution is -2.58. The third kappa shape index (κ3) is 2.02. The summed E-state index contributed by atoms with van der Waals surface area (Å²) < 4.78 is 0. The van der Waals surface area contributed by atoms with Gasteiger partial charge in [0.15, 0.2) is 5.72 Å². The summed E-state index contributed by atoms with van der Waals surface area (Å²) in [5.74, 6) is 0.116. The first-order valence-electron chi connectivity index (χ1n) is 7.99. The van der Waals surface area contributed by atoms with Crippen LogP contribution in [0, 0.1) is 17.3 Å². The molecule has 0 spiro atoms. The average molecular weight is 287 g/mol. The smallest absolute Gasteiger partial charge is 0.232 e. The van der Waals surface area contributed by atoms with Gasteiger partial charge in [0.05, 0.1) is 0 Å². The quantitative estimate of drug-likeness (QED) is 0.857. The molecule has 0 aromatic heterocycles. The summed E-state index contributed by atoms with van der Waals surface area (Å²) in [5, 5.41) is 11.6. The van der Waals surface area contributed by atoms with Crippen molar-refractivity contribution in [2.45, 2.75) is 52.2 Å². The maximum absolute atomic E-state index is 13.0. The van der Waals surface area contributed by atoms with Gasteiger partial charge >= 0.3 is 0 Å². The topological polar surface area (TPSA) is 40.5 Å². The summed E-state index contributed by atoms with van der Waals surface area (Å²) in [6.07, 6.45) is 4.05. The van der Waals surface area contributed by atoms with Gasteiger partial charge in [-0.05, 0) is 25.0 Å². The van der Waals surface area contributed by atoms with E-state index in [1.807, 2.05) is 51.1 Å². The summed E-state index contributed by atoms with van der Waals surface area (Å²) in [7, 11) is 0. The van der Waals surface area contributed by atoms with Crippen molar-refractivity contribution in [3.63, 3.8) is 0 Å². The molecule has 21 heavy (non-hydrogen) atoms. The van der Waals surface area contributed by atoms with Crippen LogP contribution < -0.4 is 4.90 Å². The maximum atomic E-state index is 13.0. The fourth-order valence-corrected chi connectivity index (χ4v) is 4.20. The van der Waals surface area contributed by atoms with Crippen LogP contribution in [0.25, 0.3) is 0 Å². The molecule has 0 unspecified atom stereocenters. The lowest BCUT2D eigenvalue weighted by Gasteiger charge is -2.47. The summed E-state index contributed by atoms with van der Waals surface area (Å²) in [4.78, 5) is 14.7. The van der Waals surface area contributed by atoms with E-state index in [-0.39, 0.29) is 23.2 Å². The minimum atomic E-state index is -1.10. The van der Waals surface area contributed by atoms with E-state index in [9.17, 15) is 9.90 Å². The van der Waals surface area contributed by atoms with Crippen LogP contribution in [0.5, 0.6) is 0 Å². The van der Waals surface area contributed by atoms with Crippen molar-refractivity contribution in [3.8, 4) is 0 Å². The highest BCUT2D eigenvalue weighted by molar-refractivity contribution is 5.99. The Balaban J connectivity index is 2.13. The van der Waals surface area contributed by atoms with E-state index in [0.717, 1.165) is 31.4 Å². The van der Waals surface area contributed by atoms with Crippen LogP contribution in [0.2, 0.25) is 0 Å². The van der Waals surface area contributed by atoms with Crippen LogP contribution in [0.4, 0.5) is 5.69 Å². The molecule has 2 fully saturated rings. The Morgan fingerprint density at radius 3 is 2.38 bits per heavy atom. The van der Waals surface area contributed by atoms with Crippen molar-refractivity contribution >= 4 is 11.6 Å². The molecule has 3 nitrogen and oxygen atoms in total. The van der Waals surface area contributed by atoms with E-state index in [1.165, 1.54) is 0 Å². The second-order valence-corrected chi connectivity index (χ2v) is 7.48. The predicted molar refractivity (Wildman–Crippen MR) is 83.8 cm³/mol. The molecule has 1 heterocycles. The lowest BCUT2D eigenvalue weighted by atomic mass is 9.68. The van der Waals surface area contributed by atoms with Crippen molar-refractivity contribution in [2.75, 3.05) is 4.90 Å². The van der Waals surface area contributed by atoms with Gasteiger partial charge in [0, 0.05) is 22.9 Å². The number of carbonyl (C=O) groups excluding carboxylic acids is 1. The third-order valence-electron chi connectivity index (χ3n) is 5.28. The number of hydrogen-bond donors (Lipinski definition) is 1. The molecule has 0 radical (unpaired) electrons. The van der Waals surface area contributed by atoms with Crippen molar-refractivity contribution in [3.05, 3.63) is 30.3 Å². The molecule has 3 heteroatoms. The van der Waals surface area contributed by atoms with Crippen molar-refractivity contribution in [1.29, 1.82) is 0 Å². The van der Waals surface area contributed by atoms with E-state index in [2.05, 4.69) is 0 Å². The van der Waals surface area contributed by atoms with Crippen molar-refractivity contribution in [1.82, 2.24) is 0 Å². The number of carbonyl (C=O) groups is 1. The third-order valence-corrected chi connectivity index (χ3v) is 5.28. The Morgan fingerprint density at radius 2 is 1.76 bits per heavy atom. The number of rotatable bonds is 1. The SMILES string of the molecule is CC(C)(C)[C@]1(O)[C@H]2CCCC[C@H]2C(=O)N1c1ccccc1. The van der Waals surface area contributed by atoms with E-state index in [4.69, 9.17) is 0 Å². The van der Waals surface area contributed by atoms with E-state index in [0.29, 0.717) is 0 Å². The number of para-hydroxylation sites is 1. The molecule has 3 rings (SSSR count). The molecular weight excluding hydrogens is 262 g/mol. The maximum Gasteiger partial charge on any atom is 0.232 e. The number of hydrogen-bond acceptors (Lipinski definition) is 2.